The third kappa shape index (κ3) is 2.41. The second-order valence-electron chi connectivity index (χ2n) is 3.82. The summed E-state index contributed by atoms with van der Waals surface area (Å²) in [6, 6.07) is 7.43. The zero-order valence-corrected chi connectivity index (χ0v) is 10.4. The zero-order chi connectivity index (χ0) is 13.0. The Bertz CT molecular complexity index is 593. The summed E-state index contributed by atoms with van der Waals surface area (Å²) >= 11 is 0. The van der Waals surface area contributed by atoms with Crippen molar-refractivity contribution in [3.05, 3.63) is 46.4 Å². The highest BCUT2D eigenvalue weighted by Gasteiger charge is 2.08. The molecule has 2 rings (SSSR count). The SMILES string of the molecule is CNCc1cnc(-c2ccccc2OC)[nH]c1=O. The van der Waals surface area contributed by atoms with Gasteiger partial charge in [-0.15, -0.1) is 0 Å². The van der Waals surface area contributed by atoms with Gasteiger partial charge in [0.15, 0.2) is 0 Å². The number of ether oxygens (including phenoxy) is 1. The van der Waals surface area contributed by atoms with Gasteiger partial charge in [0, 0.05) is 18.3 Å². The molecule has 0 saturated heterocycles. The Morgan fingerprint density at radius 3 is 2.83 bits per heavy atom. The number of hydrogen-bond acceptors (Lipinski definition) is 4. The number of nitrogens with zero attached hydrogens (tertiary/aromatic N) is 1. The second-order valence-corrected chi connectivity index (χ2v) is 3.82. The third-order valence-electron chi connectivity index (χ3n) is 2.60. The van der Waals surface area contributed by atoms with Crippen LogP contribution < -0.4 is 15.6 Å². The first kappa shape index (κ1) is 12.3. The van der Waals surface area contributed by atoms with Crippen molar-refractivity contribution in [2.75, 3.05) is 14.2 Å². The number of aromatic amines is 1. The number of H-pyrrole nitrogens is 1. The number of hydrogen-bond donors (Lipinski definition) is 2. The predicted octanol–water partition coefficient (Wildman–Crippen LogP) is 1.16. The van der Waals surface area contributed by atoms with E-state index in [-0.39, 0.29) is 5.56 Å². The van der Waals surface area contributed by atoms with Crippen molar-refractivity contribution in [3.63, 3.8) is 0 Å². The van der Waals surface area contributed by atoms with Gasteiger partial charge in [0.1, 0.15) is 11.6 Å². The number of nitrogens with one attached hydrogen (secondary N) is 2. The summed E-state index contributed by atoms with van der Waals surface area (Å²) < 4.78 is 5.24. The van der Waals surface area contributed by atoms with Crippen LogP contribution in [0.2, 0.25) is 0 Å². The van der Waals surface area contributed by atoms with Crippen molar-refractivity contribution in [3.8, 4) is 17.1 Å². The second kappa shape index (κ2) is 5.46. The number of aromatic nitrogens is 2. The molecular formula is C13H15N3O2. The number of methoxy groups -OCH3 is 1. The maximum atomic E-state index is 11.8. The van der Waals surface area contributed by atoms with Crippen LogP contribution in [0.4, 0.5) is 0 Å². The lowest BCUT2D eigenvalue weighted by molar-refractivity contribution is 0.416. The first-order valence-electron chi connectivity index (χ1n) is 5.62. The Balaban J connectivity index is 2.46. The van der Waals surface area contributed by atoms with Gasteiger partial charge < -0.3 is 15.0 Å². The topological polar surface area (TPSA) is 67.0 Å². The van der Waals surface area contributed by atoms with Crippen molar-refractivity contribution >= 4 is 0 Å². The first-order chi connectivity index (χ1) is 8.76. The van der Waals surface area contributed by atoms with E-state index < -0.39 is 0 Å². The fourth-order valence-corrected chi connectivity index (χ4v) is 1.71. The average molecular weight is 245 g/mol. The maximum absolute atomic E-state index is 11.8. The number of para-hydroxylation sites is 1. The molecule has 0 radical (unpaired) electrons. The minimum atomic E-state index is -0.139. The molecule has 0 unspecified atom stereocenters. The monoisotopic (exact) mass is 245 g/mol. The fourth-order valence-electron chi connectivity index (χ4n) is 1.71. The molecule has 0 saturated carbocycles. The molecule has 5 nitrogen and oxygen atoms in total. The highest BCUT2D eigenvalue weighted by Crippen LogP contribution is 2.25. The van der Waals surface area contributed by atoms with Crippen LogP contribution in [0.25, 0.3) is 11.4 Å². The Kier molecular flexibility index (Phi) is 3.74. The van der Waals surface area contributed by atoms with E-state index in [1.54, 1.807) is 20.4 Å². The van der Waals surface area contributed by atoms with Crippen LogP contribution in [0.15, 0.2) is 35.3 Å². The van der Waals surface area contributed by atoms with E-state index in [4.69, 9.17) is 4.74 Å². The van der Waals surface area contributed by atoms with Gasteiger partial charge in [-0.25, -0.2) is 4.98 Å². The average Bonchev–Trinajstić information content (AvgIpc) is 2.41. The summed E-state index contributed by atoms with van der Waals surface area (Å²) in [6.45, 7) is 0.495. The van der Waals surface area contributed by atoms with Crippen LogP contribution in [0.3, 0.4) is 0 Å². The largest absolute Gasteiger partial charge is 0.496 e. The van der Waals surface area contributed by atoms with E-state index >= 15 is 0 Å². The molecule has 18 heavy (non-hydrogen) atoms. The molecule has 0 spiro atoms. The van der Waals surface area contributed by atoms with Gasteiger partial charge in [-0.3, -0.25) is 4.79 Å². The third-order valence-corrected chi connectivity index (χ3v) is 2.60. The molecule has 0 aliphatic carbocycles. The first-order valence-corrected chi connectivity index (χ1v) is 5.62. The summed E-state index contributed by atoms with van der Waals surface area (Å²) in [7, 11) is 3.37. The molecule has 0 aliphatic heterocycles. The Morgan fingerprint density at radius 2 is 2.17 bits per heavy atom. The molecule has 0 aliphatic rings. The smallest absolute Gasteiger partial charge is 0.255 e. The normalized spacial score (nSPS) is 10.3. The van der Waals surface area contributed by atoms with Crippen molar-refractivity contribution in [1.82, 2.24) is 15.3 Å². The zero-order valence-electron chi connectivity index (χ0n) is 10.4. The molecule has 0 atom stereocenters. The van der Waals surface area contributed by atoms with Crippen LogP contribution in [-0.2, 0) is 6.54 Å². The van der Waals surface area contributed by atoms with Gasteiger partial charge in [0.2, 0.25) is 0 Å². The Labute approximate surface area is 105 Å². The molecule has 1 aromatic heterocycles. The Morgan fingerprint density at radius 1 is 1.39 bits per heavy atom. The van der Waals surface area contributed by atoms with E-state index in [1.165, 1.54) is 0 Å². The van der Waals surface area contributed by atoms with Gasteiger partial charge >= 0.3 is 0 Å². The van der Waals surface area contributed by atoms with Crippen LogP contribution >= 0.6 is 0 Å². The lowest BCUT2D eigenvalue weighted by Gasteiger charge is -2.07. The Hall–Kier alpha value is -2.14. The van der Waals surface area contributed by atoms with Crippen LogP contribution in [-0.4, -0.2) is 24.1 Å². The van der Waals surface area contributed by atoms with Crippen LogP contribution in [0.1, 0.15) is 5.56 Å². The molecule has 0 amide bonds. The molecule has 1 aromatic carbocycles. The molecule has 2 N–H and O–H groups in total. The van der Waals surface area contributed by atoms with E-state index in [9.17, 15) is 4.79 Å². The van der Waals surface area contributed by atoms with Crippen LogP contribution in [0, 0.1) is 0 Å². The minimum absolute atomic E-state index is 0.139. The van der Waals surface area contributed by atoms with Gasteiger partial charge in [0.25, 0.3) is 5.56 Å². The molecule has 2 aromatic rings. The summed E-state index contributed by atoms with van der Waals surface area (Å²) in [6.07, 6.45) is 1.58. The van der Waals surface area contributed by atoms with Gasteiger partial charge in [-0.1, -0.05) is 12.1 Å². The quantitative estimate of drug-likeness (QED) is 0.848. The summed E-state index contributed by atoms with van der Waals surface area (Å²) in [5.41, 5.74) is 1.24. The van der Waals surface area contributed by atoms with E-state index in [0.717, 1.165) is 5.56 Å². The molecule has 94 valence electrons. The maximum Gasteiger partial charge on any atom is 0.255 e. The van der Waals surface area contributed by atoms with Gasteiger partial charge in [0.05, 0.1) is 12.7 Å². The van der Waals surface area contributed by atoms with Gasteiger partial charge in [-0.2, -0.15) is 0 Å². The highest BCUT2D eigenvalue weighted by atomic mass is 16.5. The summed E-state index contributed by atoms with van der Waals surface area (Å²) in [5, 5.41) is 2.92. The van der Waals surface area contributed by atoms with Crippen molar-refractivity contribution in [1.29, 1.82) is 0 Å². The summed E-state index contributed by atoms with van der Waals surface area (Å²) in [5.74, 6) is 1.19. The van der Waals surface area contributed by atoms with E-state index in [1.807, 2.05) is 24.3 Å². The van der Waals surface area contributed by atoms with Crippen molar-refractivity contribution < 1.29 is 4.74 Å². The molecule has 0 fully saturated rings. The number of rotatable bonds is 4. The summed E-state index contributed by atoms with van der Waals surface area (Å²) in [4.78, 5) is 18.9. The molecular weight excluding hydrogens is 230 g/mol. The fraction of sp³-hybridized carbons (Fsp3) is 0.231. The molecule has 1 heterocycles. The van der Waals surface area contributed by atoms with Crippen LogP contribution in [0.5, 0.6) is 5.75 Å². The standard InChI is InChI=1S/C13H15N3O2/c1-14-7-9-8-15-12(16-13(9)17)10-5-3-4-6-11(10)18-2/h3-6,8,14H,7H2,1-2H3,(H,15,16,17). The van der Waals surface area contributed by atoms with E-state index in [0.29, 0.717) is 23.7 Å². The van der Waals surface area contributed by atoms with Crippen molar-refractivity contribution in [2.45, 2.75) is 6.54 Å². The molecule has 0 bridgehead atoms. The lowest BCUT2D eigenvalue weighted by atomic mass is 10.2. The van der Waals surface area contributed by atoms with E-state index in [2.05, 4.69) is 15.3 Å². The lowest BCUT2D eigenvalue weighted by Crippen LogP contribution is -2.19. The van der Waals surface area contributed by atoms with Crippen molar-refractivity contribution in [2.24, 2.45) is 0 Å². The highest BCUT2D eigenvalue weighted by molar-refractivity contribution is 5.63. The van der Waals surface area contributed by atoms with Gasteiger partial charge in [-0.05, 0) is 19.2 Å². The number of benzene rings is 1. The molecule has 5 heteroatoms. The minimum Gasteiger partial charge on any atom is -0.496 e. The predicted molar refractivity (Wildman–Crippen MR) is 69.6 cm³/mol.